The Kier molecular flexibility index (Phi) is 4.67. The van der Waals surface area contributed by atoms with Gasteiger partial charge in [0.05, 0.1) is 24.6 Å². The fraction of sp³-hybridized carbons (Fsp3) is 0.591. The van der Waals surface area contributed by atoms with E-state index in [1.165, 1.54) is 44.1 Å². The first-order valence-corrected chi connectivity index (χ1v) is 9.87. The van der Waals surface area contributed by atoms with Gasteiger partial charge in [-0.3, -0.25) is 9.89 Å². The van der Waals surface area contributed by atoms with E-state index in [2.05, 4.69) is 46.1 Å². The molecule has 0 radical (unpaired) electrons. The number of aliphatic imine (C=N–C) groups is 1. The Hall–Kier alpha value is -1.99. The van der Waals surface area contributed by atoms with Crippen LogP contribution < -0.4 is 10.1 Å². The predicted molar refractivity (Wildman–Crippen MR) is 107 cm³/mol. The zero-order valence-corrected chi connectivity index (χ0v) is 16.2. The zero-order valence-electron chi connectivity index (χ0n) is 16.2. The maximum absolute atomic E-state index is 5.68. The van der Waals surface area contributed by atoms with Crippen LogP contribution in [-0.2, 0) is 5.41 Å². The molecule has 1 aromatic rings. The van der Waals surface area contributed by atoms with Gasteiger partial charge < -0.3 is 10.1 Å². The van der Waals surface area contributed by atoms with E-state index in [9.17, 15) is 0 Å². The van der Waals surface area contributed by atoms with Crippen LogP contribution in [-0.4, -0.2) is 44.0 Å². The Morgan fingerprint density at radius 3 is 2.81 bits per heavy atom. The molecule has 4 nitrogen and oxygen atoms in total. The number of nitrogens with one attached hydrogen (secondary N) is 1. The summed E-state index contributed by atoms with van der Waals surface area (Å²) in [5.41, 5.74) is 3.54. The zero-order chi connectivity index (χ0) is 18.1. The fourth-order valence-corrected chi connectivity index (χ4v) is 4.66. The summed E-state index contributed by atoms with van der Waals surface area (Å²) in [4.78, 5) is 7.00. The van der Waals surface area contributed by atoms with Crippen LogP contribution >= 0.6 is 0 Å². The van der Waals surface area contributed by atoms with Crippen molar-refractivity contribution in [3.05, 3.63) is 23.3 Å². The number of piperidine rings is 1. The van der Waals surface area contributed by atoms with Crippen LogP contribution in [0, 0.1) is 11.8 Å². The number of amidine groups is 1. The molecule has 1 saturated carbocycles. The van der Waals surface area contributed by atoms with Crippen molar-refractivity contribution < 1.29 is 4.74 Å². The molecule has 2 aliphatic heterocycles. The van der Waals surface area contributed by atoms with Crippen LogP contribution in [0.25, 0.3) is 0 Å². The van der Waals surface area contributed by atoms with Crippen LogP contribution in [0.15, 0.2) is 17.1 Å². The van der Waals surface area contributed by atoms with Gasteiger partial charge in [-0.15, -0.1) is 0 Å². The molecule has 1 aromatic carbocycles. The smallest absolute Gasteiger partial charge is 0.134 e. The van der Waals surface area contributed by atoms with E-state index in [1.54, 1.807) is 7.11 Å². The maximum Gasteiger partial charge on any atom is 0.134 e. The summed E-state index contributed by atoms with van der Waals surface area (Å²) in [5.74, 6) is 8.73. The lowest BCUT2D eigenvalue weighted by Crippen LogP contribution is -2.41. The van der Waals surface area contributed by atoms with Gasteiger partial charge in [0.15, 0.2) is 0 Å². The second-order valence-corrected chi connectivity index (χ2v) is 7.85. The first-order valence-electron chi connectivity index (χ1n) is 9.87. The van der Waals surface area contributed by atoms with Gasteiger partial charge >= 0.3 is 0 Å². The highest BCUT2D eigenvalue weighted by Crippen LogP contribution is 2.52. The number of rotatable bonds is 2. The lowest BCUT2D eigenvalue weighted by molar-refractivity contribution is 0.182. The normalized spacial score (nSPS) is 25.2. The number of fused-ring (bicyclic) bond motifs is 2. The molecule has 0 bridgehead atoms. The molecule has 0 aromatic heterocycles. The standard InChI is InChI=1S/C22H29N3O/c1-16-8-4-5-12-25(16)13-6-9-17-14-19-18(15-20(17)26-3)22(10-7-11-22)21(23-2)24-19/h14-16H,4-5,7-8,10-13H2,1-3H3,(H,23,24)/t16-/m1/s1. The Morgan fingerprint density at radius 1 is 1.31 bits per heavy atom. The summed E-state index contributed by atoms with van der Waals surface area (Å²) in [7, 11) is 3.62. The minimum atomic E-state index is 0.0898. The van der Waals surface area contributed by atoms with E-state index in [1.807, 2.05) is 7.05 Å². The van der Waals surface area contributed by atoms with Crippen LogP contribution in [0.1, 0.15) is 56.6 Å². The molecule has 1 N–H and O–H groups in total. The maximum atomic E-state index is 5.68. The third-order valence-corrected chi connectivity index (χ3v) is 6.44. The summed E-state index contributed by atoms with van der Waals surface area (Å²) >= 11 is 0. The Morgan fingerprint density at radius 2 is 2.15 bits per heavy atom. The highest BCUT2D eigenvalue weighted by atomic mass is 16.5. The number of benzene rings is 1. The molecule has 4 heteroatoms. The molecule has 4 rings (SSSR count). The second-order valence-electron chi connectivity index (χ2n) is 7.85. The van der Waals surface area contributed by atoms with Gasteiger partial charge in [0.2, 0.25) is 0 Å². The largest absolute Gasteiger partial charge is 0.495 e. The number of likely N-dealkylation sites (tertiary alicyclic amines) is 1. The van der Waals surface area contributed by atoms with E-state index in [0.717, 1.165) is 35.9 Å². The summed E-state index contributed by atoms with van der Waals surface area (Å²) < 4.78 is 5.68. The van der Waals surface area contributed by atoms with Gasteiger partial charge in [-0.1, -0.05) is 24.7 Å². The molecule has 0 unspecified atom stereocenters. The third-order valence-electron chi connectivity index (χ3n) is 6.44. The van der Waals surface area contributed by atoms with Gasteiger partial charge in [-0.05, 0) is 56.8 Å². The first-order chi connectivity index (χ1) is 12.7. The lowest BCUT2D eigenvalue weighted by atomic mass is 9.65. The van der Waals surface area contributed by atoms with Crippen molar-refractivity contribution in [1.82, 2.24) is 4.90 Å². The highest BCUT2D eigenvalue weighted by molar-refractivity contribution is 6.10. The molecule has 1 saturated heterocycles. The summed E-state index contributed by atoms with van der Waals surface area (Å²) in [6, 6.07) is 4.98. The number of nitrogens with zero attached hydrogens (tertiary/aromatic N) is 2. The molecule has 3 aliphatic rings. The summed E-state index contributed by atoms with van der Waals surface area (Å²) in [5, 5.41) is 3.53. The van der Waals surface area contributed by atoms with E-state index < -0.39 is 0 Å². The highest BCUT2D eigenvalue weighted by Gasteiger charge is 2.49. The molecule has 2 fully saturated rings. The fourth-order valence-electron chi connectivity index (χ4n) is 4.66. The minimum absolute atomic E-state index is 0.0898. The summed E-state index contributed by atoms with van der Waals surface area (Å²) in [6.45, 7) is 4.31. The van der Waals surface area contributed by atoms with Crippen molar-refractivity contribution in [1.29, 1.82) is 0 Å². The Balaban J connectivity index is 1.60. The van der Waals surface area contributed by atoms with Gasteiger partial charge in [0.1, 0.15) is 11.6 Å². The topological polar surface area (TPSA) is 36.9 Å². The number of ether oxygens (including phenoxy) is 1. The molecule has 0 amide bonds. The number of hydrogen-bond acceptors (Lipinski definition) is 3. The molecule has 1 atom stereocenters. The van der Waals surface area contributed by atoms with Gasteiger partial charge in [-0.25, -0.2) is 0 Å². The molecular formula is C22H29N3O. The number of hydrogen-bond donors (Lipinski definition) is 1. The first kappa shape index (κ1) is 17.4. The molecular weight excluding hydrogens is 322 g/mol. The summed E-state index contributed by atoms with van der Waals surface area (Å²) in [6.07, 6.45) is 7.52. The van der Waals surface area contributed by atoms with Gasteiger partial charge in [-0.2, -0.15) is 0 Å². The third kappa shape index (κ3) is 2.79. The monoisotopic (exact) mass is 351 g/mol. The lowest BCUT2D eigenvalue weighted by Gasteiger charge is -2.38. The van der Waals surface area contributed by atoms with E-state index in [0.29, 0.717) is 6.04 Å². The van der Waals surface area contributed by atoms with Gasteiger partial charge in [0.25, 0.3) is 0 Å². The SMILES string of the molecule is CN=C1Nc2cc(C#CCN3CCCC[C@H]3C)c(OC)cc2C12CCC2. The van der Waals surface area contributed by atoms with Crippen LogP contribution in [0.4, 0.5) is 5.69 Å². The van der Waals surface area contributed by atoms with E-state index >= 15 is 0 Å². The van der Waals surface area contributed by atoms with Crippen LogP contribution in [0.2, 0.25) is 0 Å². The van der Waals surface area contributed by atoms with Crippen molar-refractivity contribution in [2.24, 2.45) is 4.99 Å². The van der Waals surface area contributed by atoms with Crippen LogP contribution in [0.5, 0.6) is 5.75 Å². The molecule has 26 heavy (non-hydrogen) atoms. The average Bonchev–Trinajstić information content (AvgIpc) is 2.96. The predicted octanol–water partition coefficient (Wildman–Crippen LogP) is 3.80. The number of anilines is 1. The van der Waals surface area contributed by atoms with E-state index in [4.69, 9.17) is 4.74 Å². The molecule has 1 aliphatic carbocycles. The van der Waals surface area contributed by atoms with Gasteiger partial charge in [0, 0.05) is 18.8 Å². The quantitative estimate of drug-likeness (QED) is 0.824. The van der Waals surface area contributed by atoms with Crippen molar-refractivity contribution in [2.45, 2.75) is 56.9 Å². The van der Waals surface area contributed by atoms with Crippen molar-refractivity contribution in [3.8, 4) is 17.6 Å². The van der Waals surface area contributed by atoms with Crippen LogP contribution in [0.3, 0.4) is 0 Å². The van der Waals surface area contributed by atoms with Crippen molar-refractivity contribution in [2.75, 3.05) is 32.6 Å². The van der Waals surface area contributed by atoms with E-state index in [-0.39, 0.29) is 5.41 Å². The Bertz CT molecular complexity index is 783. The second kappa shape index (κ2) is 6.96. The number of methoxy groups -OCH3 is 1. The average molecular weight is 351 g/mol. The molecule has 138 valence electrons. The Labute approximate surface area is 157 Å². The minimum Gasteiger partial charge on any atom is -0.495 e. The van der Waals surface area contributed by atoms with Crippen molar-refractivity contribution >= 4 is 11.5 Å². The van der Waals surface area contributed by atoms with Crippen molar-refractivity contribution in [3.63, 3.8) is 0 Å². The molecule has 2 heterocycles. The molecule has 1 spiro atoms.